The van der Waals surface area contributed by atoms with Crippen molar-refractivity contribution in [1.82, 2.24) is 9.80 Å². The third-order valence-electron chi connectivity index (χ3n) is 4.69. The van der Waals surface area contributed by atoms with Gasteiger partial charge in [0.15, 0.2) is 0 Å². The third-order valence-corrected chi connectivity index (χ3v) is 5.22. The van der Waals surface area contributed by atoms with Crippen molar-refractivity contribution in [3.8, 4) is 0 Å². The number of halogens is 1. The van der Waals surface area contributed by atoms with Crippen LogP contribution >= 0.6 is 15.9 Å². The second-order valence-corrected chi connectivity index (χ2v) is 7.96. The quantitative estimate of drug-likeness (QED) is 0.736. The molecule has 1 saturated heterocycles. The van der Waals surface area contributed by atoms with E-state index >= 15 is 0 Å². The van der Waals surface area contributed by atoms with Crippen LogP contribution < -0.4 is 10.6 Å². The lowest BCUT2D eigenvalue weighted by Crippen LogP contribution is -2.54. The first kappa shape index (κ1) is 20.9. The Morgan fingerprint density at radius 3 is 2.41 bits per heavy atom. The van der Waals surface area contributed by atoms with Crippen LogP contribution in [-0.2, 0) is 9.59 Å². The summed E-state index contributed by atoms with van der Waals surface area (Å²) in [5.41, 5.74) is 3.48. The molecule has 1 aliphatic heterocycles. The van der Waals surface area contributed by atoms with Crippen LogP contribution in [0, 0.1) is 13.8 Å². The summed E-state index contributed by atoms with van der Waals surface area (Å²) in [5.74, 6) is -0.504. The van der Waals surface area contributed by atoms with Gasteiger partial charge in [-0.05, 0) is 49.7 Å². The molecule has 2 aromatic carbocycles. The Balaban J connectivity index is 1.51. The van der Waals surface area contributed by atoms with E-state index in [0.717, 1.165) is 21.3 Å². The highest BCUT2D eigenvalue weighted by molar-refractivity contribution is 9.10. The number of aryl methyl sites for hydroxylation is 2. The van der Waals surface area contributed by atoms with Gasteiger partial charge in [-0.2, -0.15) is 0 Å². The molecule has 0 aliphatic carbocycles. The van der Waals surface area contributed by atoms with Crippen LogP contribution in [0.2, 0.25) is 0 Å². The van der Waals surface area contributed by atoms with Gasteiger partial charge in [0.25, 0.3) is 0 Å². The zero-order chi connectivity index (χ0) is 21.0. The summed E-state index contributed by atoms with van der Waals surface area (Å²) >= 11 is 3.34. The predicted molar refractivity (Wildman–Crippen MR) is 116 cm³/mol. The Hall–Kier alpha value is -2.87. The monoisotopic (exact) mass is 458 g/mol. The van der Waals surface area contributed by atoms with E-state index in [9.17, 15) is 14.4 Å². The fourth-order valence-electron chi connectivity index (χ4n) is 3.10. The molecule has 4 amide bonds. The Morgan fingerprint density at radius 2 is 1.76 bits per heavy atom. The minimum absolute atomic E-state index is 0.0334. The Morgan fingerprint density at radius 1 is 1.03 bits per heavy atom. The maximum Gasteiger partial charge on any atom is 0.322 e. The van der Waals surface area contributed by atoms with Crippen molar-refractivity contribution in [2.24, 2.45) is 0 Å². The van der Waals surface area contributed by atoms with Crippen molar-refractivity contribution >= 4 is 45.2 Å². The van der Waals surface area contributed by atoms with Gasteiger partial charge in [-0.1, -0.05) is 33.6 Å². The minimum Gasteiger partial charge on any atom is -0.330 e. The number of piperazine rings is 1. The molecule has 29 heavy (non-hydrogen) atoms. The zero-order valence-electron chi connectivity index (χ0n) is 16.4. The van der Waals surface area contributed by atoms with Crippen molar-refractivity contribution in [3.63, 3.8) is 0 Å². The largest absolute Gasteiger partial charge is 0.330 e. The first-order chi connectivity index (χ1) is 13.8. The van der Waals surface area contributed by atoms with E-state index in [-0.39, 0.29) is 30.9 Å². The van der Waals surface area contributed by atoms with Crippen LogP contribution in [0.25, 0.3) is 0 Å². The van der Waals surface area contributed by atoms with Gasteiger partial charge < -0.3 is 20.4 Å². The smallest absolute Gasteiger partial charge is 0.322 e. The van der Waals surface area contributed by atoms with Gasteiger partial charge in [-0.15, -0.1) is 0 Å². The molecule has 1 aliphatic rings. The van der Waals surface area contributed by atoms with E-state index < -0.39 is 0 Å². The molecule has 0 spiro atoms. The molecule has 7 nitrogen and oxygen atoms in total. The summed E-state index contributed by atoms with van der Waals surface area (Å²) in [6.07, 6.45) is 0. The molecular formula is C21H23BrN4O3. The molecule has 8 heteroatoms. The normalized spacial score (nSPS) is 14.0. The molecule has 3 rings (SSSR count). The molecule has 0 saturated carbocycles. The molecule has 0 aromatic heterocycles. The van der Waals surface area contributed by atoms with Crippen molar-refractivity contribution in [3.05, 3.63) is 58.1 Å². The van der Waals surface area contributed by atoms with E-state index in [1.165, 1.54) is 9.80 Å². The van der Waals surface area contributed by atoms with Crippen molar-refractivity contribution in [1.29, 1.82) is 0 Å². The van der Waals surface area contributed by atoms with Crippen LogP contribution in [0.1, 0.15) is 11.1 Å². The molecule has 1 heterocycles. The second-order valence-electron chi connectivity index (χ2n) is 7.04. The highest BCUT2D eigenvalue weighted by atomic mass is 79.9. The number of nitrogens with one attached hydrogen (secondary N) is 2. The summed E-state index contributed by atoms with van der Waals surface area (Å²) in [6.45, 7) is 4.51. The number of carbonyl (C=O) groups excluding carboxylic acids is 3. The lowest BCUT2D eigenvalue weighted by atomic mass is 10.1. The van der Waals surface area contributed by atoms with E-state index in [1.807, 2.05) is 44.2 Å². The molecule has 2 aromatic rings. The first-order valence-corrected chi connectivity index (χ1v) is 10.1. The first-order valence-electron chi connectivity index (χ1n) is 9.28. The van der Waals surface area contributed by atoms with Crippen molar-refractivity contribution in [2.45, 2.75) is 13.8 Å². The average Bonchev–Trinajstić information content (AvgIpc) is 2.67. The minimum atomic E-state index is -0.333. The molecule has 152 valence electrons. The van der Waals surface area contributed by atoms with Crippen molar-refractivity contribution in [2.75, 3.05) is 36.8 Å². The van der Waals surface area contributed by atoms with E-state index in [0.29, 0.717) is 18.8 Å². The number of rotatable bonds is 4. The number of anilines is 2. The number of carbonyl (C=O) groups is 3. The van der Waals surface area contributed by atoms with Crippen LogP contribution in [-0.4, -0.2) is 53.8 Å². The van der Waals surface area contributed by atoms with E-state index in [2.05, 4.69) is 26.6 Å². The fourth-order valence-corrected chi connectivity index (χ4v) is 3.37. The van der Waals surface area contributed by atoms with Gasteiger partial charge in [0.2, 0.25) is 11.8 Å². The number of hydrogen-bond acceptors (Lipinski definition) is 3. The summed E-state index contributed by atoms with van der Waals surface area (Å²) in [7, 11) is 0. The highest BCUT2D eigenvalue weighted by Gasteiger charge is 2.28. The van der Waals surface area contributed by atoms with Gasteiger partial charge >= 0.3 is 6.03 Å². The fraction of sp³-hybridized carbons (Fsp3) is 0.286. The Bertz CT molecular complexity index is 930. The molecular weight excluding hydrogens is 436 g/mol. The maximum atomic E-state index is 12.4. The lowest BCUT2D eigenvalue weighted by molar-refractivity contribution is -0.137. The maximum absolute atomic E-state index is 12.4. The molecule has 2 N–H and O–H groups in total. The summed E-state index contributed by atoms with van der Waals surface area (Å²) in [5, 5.41) is 5.62. The van der Waals surface area contributed by atoms with Crippen LogP contribution in [0.3, 0.4) is 0 Å². The van der Waals surface area contributed by atoms with E-state index in [1.54, 1.807) is 12.1 Å². The number of urea groups is 1. The average molecular weight is 459 g/mol. The lowest BCUT2D eigenvalue weighted by Gasteiger charge is -2.33. The summed E-state index contributed by atoms with van der Waals surface area (Å²) < 4.78 is 0.915. The predicted octanol–water partition coefficient (Wildman–Crippen LogP) is 3.38. The zero-order valence-corrected chi connectivity index (χ0v) is 18.0. The van der Waals surface area contributed by atoms with Gasteiger partial charge in [-0.25, -0.2) is 4.79 Å². The summed E-state index contributed by atoms with van der Waals surface area (Å²) in [6, 6.07) is 12.6. The van der Waals surface area contributed by atoms with Gasteiger partial charge in [0, 0.05) is 28.9 Å². The Labute approximate surface area is 178 Å². The standard InChI is InChI=1S/C21H23BrN4O3/c1-14-3-8-18(15(2)11-14)24-19(27)12-25-9-10-26(13-20(25)28)21(29)23-17-6-4-16(22)5-7-17/h3-8,11H,9-10,12-13H2,1-2H3,(H,23,29)(H,24,27). The Kier molecular flexibility index (Phi) is 6.53. The molecule has 0 unspecified atom stereocenters. The van der Waals surface area contributed by atoms with Gasteiger partial charge in [0.05, 0.1) is 6.54 Å². The molecule has 0 atom stereocenters. The molecule has 0 radical (unpaired) electrons. The summed E-state index contributed by atoms with van der Waals surface area (Å²) in [4.78, 5) is 40.1. The van der Waals surface area contributed by atoms with Crippen LogP contribution in [0.5, 0.6) is 0 Å². The van der Waals surface area contributed by atoms with Crippen molar-refractivity contribution < 1.29 is 14.4 Å². The third kappa shape index (κ3) is 5.57. The van der Waals surface area contributed by atoms with Crippen LogP contribution in [0.15, 0.2) is 46.9 Å². The topological polar surface area (TPSA) is 81.8 Å². The second kappa shape index (κ2) is 9.09. The number of hydrogen-bond donors (Lipinski definition) is 2. The van der Waals surface area contributed by atoms with E-state index in [4.69, 9.17) is 0 Å². The van der Waals surface area contributed by atoms with Gasteiger partial charge in [-0.3, -0.25) is 9.59 Å². The number of nitrogens with zero attached hydrogens (tertiary/aromatic N) is 2. The highest BCUT2D eigenvalue weighted by Crippen LogP contribution is 2.17. The molecule has 1 fully saturated rings. The van der Waals surface area contributed by atoms with Crippen LogP contribution in [0.4, 0.5) is 16.2 Å². The van der Waals surface area contributed by atoms with Gasteiger partial charge in [0.1, 0.15) is 6.54 Å². The number of amides is 4. The number of benzene rings is 2. The molecule has 0 bridgehead atoms. The SMILES string of the molecule is Cc1ccc(NC(=O)CN2CCN(C(=O)Nc3ccc(Br)cc3)CC2=O)c(C)c1.